The molecule has 27 heteroatoms. The quantitative estimate of drug-likeness (QED) is 0.109. The highest BCUT2D eigenvalue weighted by Gasteiger charge is 2.38. The third-order valence-electron chi connectivity index (χ3n) is 29.6. The Hall–Kier alpha value is -8.34. The second-order valence-corrected chi connectivity index (χ2v) is 38.4. The highest BCUT2D eigenvalue weighted by atomic mass is 35.5. The first-order valence-corrected chi connectivity index (χ1v) is 49.0. The lowest BCUT2D eigenvalue weighted by atomic mass is 9.92. The van der Waals surface area contributed by atoms with E-state index < -0.39 is 0 Å². The molecular formula is C102H140Cl2N18O6S. The fourth-order valence-corrected chi connectivity index (χ4v) is 23.3. The Morgan fingerprint density at radius 2 is 0.783 bits per heavy atom. The topological polar surface area (TPSA) is 212 Å². The first kappa shape index (κ1) is 93.9. The summed E-state index contributed by atoms with van der Waals surface area (Å²) in [5.41, 5.74) is 26.0. The van der Waals surface area contributed by atoms with Crippen LogP contribution in [0.25, 0.3) is 22.3 Å². The number of hydrogen-bond acceptors (Lipinski definition) is 24. The number of halogens is 2. The lowest BCUT2D eigenvalue weighted by Crippen LogP contribution is -2.29. The van der Waals surface area contributed by atoms with Gasteiger partial charge in [-0.2, -0.15) is 13.5 Å². The molecule has 1 aromatic carbocycles. The molecule has 0 radical (unpaired) electrons. The van der Waals surface area contributed by atoms with Crippen LogP contribution in [0.15, 0.2) is 90.5 Å². The zero-order valence-electron chi connectivity index (χ0n) is 78.2. The van der Waals surface area contributed by atoms with E-state index in [0.29, 0.717) is 52.6 Å². The van der Waals surface area contributed by atoms with Crippen molar-refractivity contribution in [1.29, 1.82) is 0 Å². The monoisotopic (exact) mass is 1820 g/mol. The molecule has 7 atom stereocenters. The van der Waals surface area contributed by atoms with Crippen LogP contribution in [0.3, 0.4) is 0 Å². The lowest BCUT2D eigenvalue weighted by molar-refractivity contribution is 0.264. The van der Waals surface area contributed by atoms with Crippen LogP contribution >= 0.6 is 36.7 Å². The summed E-state index contributed by atoms with van der Waals surface area (Å²) in [5.74, 6) is 5.17. The number of ether oxygens (including phenoxy) is 5. The zero-order chi connectivity index (χ0) is 88.3. The predicted molar refractivity (Wildman–Crippen MR) is 524 cm³/mol. The maximum absolute atomic E-state index is 6.25. The first-order chi connectivity index (χ1) is 62.6. The van der Waals surface area contributed by atoms with Crippen LogP contribution < -0.4 is 44.5 Å². The van der Waals surface area contributed by atoms with Gasteiger partial charge in [-0.05, 0) is 320 Å². The largest absolute Gasteiger partial charge is 0.493 e. The van der Waals surface area contributed by atoms with Crippen molar-refractivity contribution in [3.63, 3.8) is 0 Å². The number of fused-ring (bicyclic) bond motifs is 8. The maximum atomic E-state index is 6.25. The van der Waals surface area contributed by atoms with Crippen LogP contribution in [-0.4, -0.2) is 232 Å². The van der Waals surface area contributed by atoms with Gasteiger partial charge in [0.15, 0.2) is 10.9 Å². The number of methoxy groups -OCH3 is 2. The highest BCUT2D eigenvalue weighted by Crippen LogP contribution is 2.49. The van der Waals surface area contributed by atoms with E-state index in [4.69, 9.17) is 51.3 Å². The summed E-state index contributed by atoms with van der Waals surface area (Å²) < 4.78 is 34.5. The number of likely N-dealkylation sites (tertiary alicyclic amines) is 7. The number of benzene rings is 1. The number of pyridine rings is 7. The smallest absolute Gasteiger partial charge is 0.218 e. The van der Waals surface area contributed by atoms with Gasteiger partial charge in [-0.25, -0.2) is 24.9 Å². The molecule has 694 valence electrons. The normalized spacial score (nSPS) is 23.4. The fraction of sp³-hybridized carbons (Fsp3) is 0.578. The molecule has 14 aliphatic heterocycles. The zero-order valence-corrected chi connectivity index (χ0v) is 80.7. The second kappa shape index (κ2) is 44.0. The molecule has 0 unspecified atom stereocenters. The minimum atomic E-state index is 0. The van der Waals surface area contributed by atoms with E-state index in [9.17, 15) is 0 Å². The minimum Gasteiger partial charge on any atom is -0.493 e. The lowest BCUT2D eigenvalue weighted by Gasteiger charge is -2.33. The van der Waals surface area contributed by atoms with Crippen LogP contribution in [0.1, 0.15) is 255 Å². The molecular weight excluding hydrogens is 1680 g/mol. The predicted octanol–water partition coefficient (Wildman–Crippen LogP) is 19.2. The van der Waals surface area contributed by atoms with Gasteiger partial charge in [-0.3, -0.25) is 44.3 Å². The Morgan fingerprint density at radius 1 is 0.364 bits per heavy atom. The van der Waals surface area contributed by atoms with Gasteiger partial charge in [0, 0.05) is 180 Å². The van der Waals surface area contributed by atoms with E-state index in [1.165, 1.54) is 255 Å². The fourth-order valence-electron chi connectivity index (χ4n) is 22.9. The van der Waals surface area contributed by atoms with E-state index in [1.807, 2.05) is 55.5 Å². The van der Waals surface area contributed by atoms with Crippen LogP contribution in [0.4, 0.5) is 22.7 Å². The van der Waals surface area contributed by atoms with Gasteiger partial charge in [-0.15, -0.1) is 0 Å². The van der Waals surface area contributed by atoms with E-state index >= 15 is 0 Å². The summed E-state index contributed by atoms with van der Waals surface area (Å²) in [5, 5.41) is 12.8. The van der Waals surface area contributed by atoms with Crippen molar-refractivity contribution in [3.05, 3.63) is 174 Å². The number of furan rings is 1. The molecule has 0 bridgehead atoms. The first-order valence-electron chi connectivity index (χ1n) is 48.2. The molecule has 0 aliphatic carbocycles. The Balaban J connectivity index is 0.000000111. The average Bonchev–Trinajstić information content (AvgIpc) is 1.76. The Labute approximate surface area is 782 Å². The molecule has 0 saturated carbocycles. The summed E-state index contributed by atoms with van der Waals surface area (Å²) in [6.45, 7) is 15.0. The van der Waals surface area contributed by atoms with Crippen LogP contribution in [-0.2, 0) is 44.9 Å². The van der Waals surface area contributed by atoms with E-state index in [-0.39, 0.29) is 13.5 Å². The van der Waals surface area contributed by atoms with Gasteiger partial charge in [0.25, 0.3) is 0 Å². The molecule has 14 aliphatic rings. The number of rotatable bonds is 10. The molecule has 7 saturated heterocycles. The third-order valence-corrected chi connectivity index (χ3v) is 30.2. The van der Waals surface area contributed by atoms with Gasteiger partial charge in [-0.1, -0.05) is 41.4 Å². The van der Waals surface area contributed by atoms with Crippen LogP contribution in [0, 0.1) is 0 Å². The standard InChI is InChI=1S/C21H22N2O2.C15H23N3O.C14H21N3O.2C13H17ClN2O.2C13H19N3.H2S/c1-23-10-4-8-17(23)16-13-22-21-15(7-5-11-24-21)20(16)19-12-14-6-2-3-9-18(14)25-19;1-17-8-5-7-13(17)12-10-16-15(19-3)11-6-4-9-18(2)14(11)12;1-17-8-4-6-12(17)11-9-16-14(18-2)10-5-3-7-15-13(10)11;1-16-6-2-5-11(16)10-8-15-13(14)9-4-3-7-17-12(9)10;1-16-6-2-5-11(16)10-8-15-13(14)12-9(10)4-3-7-17-12;2*1-16-7-3-5-13(16)11-8-14-9-12-10(11)4-2-6-15-12;/h2-3,6,9,12-13,17H,4-5,7-8,10-11H2,1H3;10,13H,4-9H2,1-3H3;9,12,15H,3-8H2,1-2H3;2*8,11H,2-7H2,1H3;2*8-9,13,15H,2-7H2,1H3;1H2/t17-;13-;12-;2*11-;2*13-;/m0000000./s1. The molecule has 0 amide bonds. The minimum absolute atomic E-state index is 0. The van der Waals surface area contributed by atoms with Gasteiger partial charge >= 0.3 is 0 Å². The number of aromatic nitrogens is 7. The van der Waals surface area contributed by atoms with E-state index in [1.54, 1.807) is 14.2 Å². The van der Waals surface area contributed by atoms with Crippen molar-refractivity contribution < 1.29 is 28.1 Å². The molecule has 129 heavy (non-hydrogen) atoms. The Bertz CT molecular complexity index is 5090. The summed E-state index contributed by atoms with van der Waals surface area (Å²) in [6.07, 6.45) is 51.2. The Kier molecular flexibility index (Phi) is 32.0. The molecule has 0 spiro atoms. The number of para-hydroxylation sites is 1. The van der Waals surface area contributed by atoms with E-state index in [0.717, 1.165) is 168 Å². The van der Waals surface area contributed by atoms with Crippen molar-refractivity contribution in [3.8, 4) is 40.5 Å². The molecule has 9 aromatic rings. The van der Waals surface area contributed by atoms with Gasteiger partial charge < -0.3 is 49.0 Å². The molecule has 8 aromatic heterocycles. The summed E-state index contributed by atoms with van der Waals surface area (Å²) >= 11 is 12.3. The molecule has 22 heterocycles. The number of nitrogens with zero attached hydrogens (tertiary/aromatic N) is 15. The number of hydrogen-bond donors (Lipinski definition) is 3. The van der Waals surface area contributed by atoms with Crippen molar-refractivity contribution in [2.75, 3.05) is 183 Å². The summed E-state index contributed by atoms with van der Waals surface area (Å²) in [4.78, 5) is 50.5. The van der Waals surface area contributed by atoms with Gasteiger partial charge in [0.1, 0.15) is 22.2 Å². The maximum Gasteiger partial charge on any atom is 0.218 e. The van der Waals surface area contributed by atoms with E-state index in [2.05, 4.69) is 177 Å². The van der Waals surface area contributed by atoms with Crippen molar-refractivity contribution in [2.24, 2.45) is 0 Å². The average molecular weight is 1820 g/mol. The third kappa shape index (κ3) is 20.9. The van der Waals surface area contributed by atoms with Crippen LogP contribution in [0.2, 0.25) is 10.3 Å². The van der Waals surface area contributed by atoms with Crippen molar-refractivity contribution in [1.82, 2.24) is 69.2 Å². The second-order valence-electron chi connectivity index (χ2n) is 37.7. The molecule has 7 fully saturated rings. The summed E-state index contributed by atoms with van der Waals surface area (Å²) in [6, 6.07) is 14.0. The van der Waals surface area contributed by atoms with Gasteiger partial charge in [0.2, 0.25) is 17.6 Å². The molecule has 23 rings (SSSR count). The highest BCUT2D eigenvalue weighted by molar-refractivity contribution is 7.59. The SMILES string of the molecule is CN1CCC[C@H]1c1cnc(Cl)c2c1CCCO2.CN1CCC[C@H]1c1cnc(Cl)c2c1OCCC2.CN1CCC[C@H]1c1cnc2c(c1-c1cc3ccccc3o1)CCCO2.CN1CCC[C@H]1c1cncc2c1CCCN2.CN1CCC[C@H]1c1cncc2c1CCCN2.COc1ncc([C@@H]2CCCN2C)c2c1CCCN2.COc1ncc([C@@H]2CCCN2C)c2c1CCCN2C.S. The van der Waals surface area contributed by atoms with Crippen molar-refractivity contribution >= 4 is 70.4 Å². The molecule has 24 nitrogen and oxygen atoms in total. The number of anilines is 4. The summed E-state index contributed by atoms with van der Waals surface area (Å²) in [7, 11) is 21.1. The van der Waals surface area contributed by atoms with Crippen LogP contribution in [0.5, 0.6) is 29.1 Å². The number of nitrogens with one attached hydrogen (secondary N) is 3. The Morgan fingerprint density at radius 3 is 1.33 bits per heavy atom. The van der Waals surface area contributed by atoms with Gasteiger partial charge in [0.05, 0.1) is 63.5 Å². The van der Waals surface area contributed by atoms with Crippen molar-refractivity contribution in [2.45, 2.75) is 222 Å². The molecule has 3 N–H and O–H groups in total.